The Balaban J connectivity index is 1.58. The summed E-state index contributed by atoms with van der Waals surface area (Å²) in [5.41, 5.74) is 1.68. The Labute approximate surface area is 157 Å². The summed E-state index contributed by atoms with van der Waals surface area (Å²) in [6, 6.07) is 13.2. The van der Waals surface area contributed by atoms with Crippen molar-refractivity contribution in [3.05, 3.63) is 72.3 Å². The van der Waals surface area contributed by atoms with E-state index in [4.69, 9.17) is 9.47 Å². The Morgan fingerprint density at radius 2 is 1.85 bits per heavy atom. The molecule has 0 saturated carbocycles. The molecule has 27 heavy (non-hydrogen) atoms. The Hall–Kier alpha value is -3.35. The molecule has 7 nitrogen and oxygen atoms in total. The van der Waals surface area contributed by atoms with E-state index in [1.807, 2.05) is 18.3 Å². The van der Waals surface area contributed by atoms with Crippen LogP contribution < -0.4 is 9.47 Å². The molecule has 138 valence electrons. The second-order valence-corrected chi connectivity index (χ2v) is 6.34. The first-order chi connectivity index (χ1) is 13.2. The van der Waals surface area contributed by atoms with Crippen LogP contribution in [0.1, 0.15) is 16.1 Å². The summed E-state index contributed by atoms with van der Waals surface area (Å²) < 4.78 is 13.2. The molecular weight excluding hydrogens is 344 g/mol. The van der Waals surface area contributed by atoms with Gasteiger partial charge in [0.25, 0.3) is 5.91 Å². The predicted octanol–water partition coefficient (Wildman–Crippen LogP) is 2.39. The zero-order chi connectivity index (χ0) is 18.6. The van der Waals surface area contributed by atoms with Gasteiger partial charge in [-0.15, -0.1) is 0 Å². The number of hydrogen-bond donors (Lipinski definition) is 0. The molecule has 0 bridgehead atoms. The number of aromatic nitrogens is 3. The number of benzene rings is 1. The summed E-state index contributed by atoms with van der Waals surface area (Å²) in [5.74, 6) is 0.675. The number of rotatable bonds is 4. The fourth-order valence-corrected chi connectivity index (χ4v) is 3.19. The average Bonchev–Trinajstić information content (AvgIpc) is 3.07. The van der Waals surface area contributed by atoms with Gasteiger partial charge in [-0.2, -0.15) is 0 Å². The van der Waals surface area contributed by atoms with E-state index >= 15 is 0 Å². The minimum atomic E-state index is -0.247. The highest BCUT2D eigenvalue weighted by atomic mass is 16.5. The Kier molecular flexibility index (Phi) is 4.74. The zero-order valence-corrected chi connectivity index (χ0v) is 15.0. The number of methoxy groups -OCH3 is 1. The van der Waals surface area contributed by atoms with Crippen molar-refractivity contribution in [2.75, 3.05) is 13.7 Å². The highest BCUT2D eigenvalue weighted by Gasteiger charge is 2.27. The fraction of sp³-hybridized carbons (Fsp3) is 0.250. The van der Waals surface area contributed by atoms with Crippen LogP contribution in [0, 0.1) is 0 Å². The van der Waals surface area contributed by atoms with Crippen molar-refractivity contribution < 1.29 is 14.3 Å². The standard InChI is InChI=1S/C20H20N4O3/c1-26-17-7-5-15(6-8-17)19(25)24-12-16-4-2-11-23(16)13-18(14-24)27-20-21-9-3-10-22-20/h2-11,18H,12-14H2,1H3. The number of carbonyl (C=O) groups is 1. The molecule has 0 saturated heterocycles. The van der Waals surface area contributed by atoms with Gasteiger partial charge in [0.1, 0.15) is 11.9 Å². The summed E-state index contributed by atoms with van der Waals surface area (Å²) in [5, 5.41) is 0. The molecule has 7 heteroatoms. The molecule has 0 radical (unpaired) electrons. The highest BCUT2D eigenvalue weighted by Crippen LogP contribution is 2.20. The molecule has 1 atom stereocenters. The minimum absolute atomic E-state index is 0.0464. The van der Waals surface area contributed by atoms with E-state index < -0.39 is 0 Å². The van der Waals surface area contributed by atoms with E-state index in [0.29, 0.717) is 31.2 Å². The van der Waals surface area contributed by atoms with Crippen molar-refractivity contribution in [1.29, 1.82) is 0 Å². The number of hydrogen-bond acceptors (Lipinski definition) is 5. The second-order valence-electron chi connectivity index (χ2n) is 6.34. The maximum atomic E-state index is 13.1. The van der Waals surface area contributed by atoms with Crippen LogP contribution in [0.4, 0.5) is 0 Å². The molecule has 0 spiro atoms. The molecular formula is C20H20N4O3. The normalized spacial score (nSPS) is 16.3. The first-order valence-corrected chi connectivity index (χ1v) is 8.74. The summed E-state index contributed by atoms with van der Waals surface area (Å²) in [6.45, 7) is 1.60. The van der Waals surface area contributed by atoms with E-state index in [1.54, 1.807) is 54.7 Å². The summed E-state index contributed by atoms with van der Waals surface area (Å²) in [4.78, 5) is 23.1. The number of carbonyl (C=O) groups excluding carboxylic acids is 1. The van der Waals surface area contributed by atoms with E-state index in [1.165, 1.54) is 0 Å². The van der Waals surface area contributed by atoms with Crippen LogP contribution in [0.15, 0.2) is 61.1 Å². The SMILES string of the molecule is COc1ccc(C(=O)N2Cc3cccn3CC(Oc3ncccn3)C2)cc1. The third kappa shape index (κ3) is 3.76. The monoisotopic (exact) mass is 364 g/mol. The summed E-state index contributed by atoms with van der Waals surface area (Å²) in [7, 11) is 1.60. The van der Waals surface area contributed by atoms with Crippen LogP contribution in [0.2, 0.25) is 0 Å². The van der Waals surface area contributed by atoms with Gasteiger partial charge in [0.15, 0.2) is 0 Å². The molecule has 1 aliphatic rings. The van der Waals surface area contributed by atoms with Gasteiger partial charge >= 0.3 is 6.01 Å². The van der Waals surface area contributed by atoms with Gasteiger partial charge in [0, 0.05) is 29.8 Å². The van der Waals surface area contributed by atoms with E-state index in [0.717, 1.165) is 11.4 Å². The lowest BCUT2D eigenvalue weighted by molar-refractivity contribution is 0.0639. The number of ether oxygens (including phenoxy) is 2. The molecule has 3 heterocycles. The Morgan fingerprint density at radius 3 is 2.59 bits per heavy atom. The van der Waals surface area contributed by atoms with Crippen LogP contribution in [0.25, 0.3) is 0 Å². The molecule has 1 aromatic carbocycles. The average molecular weight is 364 g/mol. The Morgan fingerprint density at radius 1 is 1.07 bits per heavy atom. The molecule has 1 amide bonds. The van der Waals surface area contributed by atoms with Crippen molar-refractivity contribution in [3.63, 3.8) is 0 Å². The lowest BCUT2D eigenvalue weighted by Crippen LogP contribution is -2.38. The lowest BCUT2D eigenvalue weighted by atomic mass is 10.1. The number of nitrogens with zero attached hydrogens (tertiary/aromatic N) is 4. The van der Waals surface area contributed by atoms with Crippen molar-refractivity contribution in [2.45, 2.75) is 19.2 Å². The number of fused-ring (bicyclic) bond motifs is 1. The lowest BCUT2D eigenvalue weighted by Gasteiger charge is -2.24. The fourth-order valence-electron chi connectivity index (χ4n) is 3.19. The van der Waals surface area contributed by atoms with Gasteiger partial charge in [-0.25, -0.2) is 9.97 Å². The highest BCUT2D eigenvalue weighted by molar-refractivity contribution is 5.94. The van der Waals surface area contributed by atoms with Gasteiger partial charge < -0.3 is 18.9 Å². The van der Waals surface area contributed by atoms with E-state index in [9.17, 15) is 4.79 Å². The smallest absolute Gasteiger partial charge is 0.316 e. The van der Waals surface area contributed by atoms with E-state index in [2.05, 4.69) is 14.5 Å². The molecule has 0 fully saturated rings. The molecule has 1 unspecified atom stereocenters. The van der Waals surface area contributed by atoms with Crippen LogP contribution in [-0.2, 0) is 13.1 Å². The summed E-state index contributed by atoms with van der Waals surface area (Å²) in [6.07, 6.45) is 5.03. The van der Waals surface area contributed by atoms with Crippen LogP contribution >= 0.6 is 0 Å². The van der Waals surface area contributed by atoms with Gasteiger partial charge in [0.05, 0.1) is 26.7 Å². The maximum Gasteiger partial charge on any atom is 0.316 e. The van der Waals surface area contributed by atoms with Crippen molar-refractivity contribution in [2.24, 2.45) is 0 Å². The van der Waals surface area contributed by atoms with Gasteiger partial charge in [-0.05, 0) is 42.5 Å². The molecule has 1 aliphatic heterocycles. The van der Waals surface area contributed by atoms with Crippen molar-refractivity contribution in [3.8, 4) is 11.8 Å². The third-order valence-corrected chi connectivity index (χ3v) is 4.54. The maximum absolute atomic E-state index is 13.1. The minimum Gasteiger partial charge on any atom is -0.497 e. The largest absolute Gasteiger partial charge is 0.497 e. The van der Waals surface area contributed by atoms with Crippen LogP contribution in [-0.4, -0.2) is 45.1 Å². The molecule has 4 rings (SSSR count). The quantitative estimate of drug-likeness (QED) is 0.711. The third-order valence-electron chi connectivity index (χ3n) is 4.54. The summed E-state index contributed by atoms with van der Waals surface area (Å²) >= 11 is 0. The van der Waals surface area contributed by atoms with E-state index in [-0.39, 0.29) is 12.0 Å². The predicted molar refractivity (Wildman–Crippen MR) is 98.6 cm³/mol. The van der Waals surface area contributed by atoms with Gasteiger partial charge in [-0.3, -0.25) is 4.79 Å². The van der Waals surface area contributed by atoms with Crippen LogP contribution in [0.5, 0.6) is 11.8 Å². The van der Waals surface area contributed by atoms with Gasteiger partial charge in [-0.1, -0.05) is 0 Å². The topological polar surface area (TPSA) is 69.5 Å². The second kappa shape index (κ2) is 7.49. The van der Waals surface area contributed by atoms with Gasteiger partial charge in [0.2, 0.25) is 0 Å². The molecule has 3 aromatic rings. The van der Waals surface area contributed by atoms with Crippen molar-refractivity contribution >= 4 is 5.91 Å². The first-order valence-electron chi connectivity index (χ1n) is 8.74. The molecule has 2 aromatic heterocycles. The van der Waals surface area contributed by atoms with Crippen molar-refractivity contribution in [1.82, 2.24) is 19.4 Å². The molecule has 0 aliphatic carbocycles. The van der Waals surface area contributed by atoms with Crippen LogP contribution in [0.3, 0.4) is 0 Å². The zero-order valence-electron chi connectivity index (χ0n) is 15.0. The first kappa shape index (κ1) is 17.1. The number of amides is 1. The molecule has 0 N–H and O–H groups in total. The Bertz CT molecular complexity index is 908.